The lowest BCUT2D eigenvalue weighted by Gasteiger charge is -2.33. The summed E-state index contributed by atoms with van der Waals surface area (Å²) in [5.74, 6) is 1.37. The van der Waals surface area contributed by atoms with Gasteiger partial charge in [-0.25, -0.2) is 14.5 Å². The van der Waals surface area contributed by atoms with Crippen molar-refractivity contribution >= 4 is 22.6 Å². The number of rotatable bonds is 7. The van der Waals surface area contributed by atoms with E-state index in [4.69, 9.17) is 30.8 Å². The summed E-state index contributed by atoms with van der Waals surface area (Å²) in [6.45, 7) is 5.80. The van der Waals surface area contributed by atoms with E-state index in [1.54, 1.807) is 19.1 Å². The topological polar surface area (TPSA) is 116 Å². The minimum atomic E-state index is -1.27. The van der Waals surface area contributed by atoms with Crippen molar-refractivity contribution in [3.8, 4) is 23.0 Å². The van der Waals surface area contributed by atoms with Crippen LogP contribution < -0.4 is 9.47 Å². The van der Waals surface area contributed by atoms with E-state index in [0.717, 1.165) is 67.9 Å². The zero-order valence-corrected chi connectivity index (χ0v) is 24.8. The molecule has 0 saturated carbocycles. The number of piperidine rings is 1. The lowest BCUT2D eigenvalue weighted by Crippen LogP contribution is -2.35. The minimum absolute atomic E-state index is 0.185. The van der Waals surface area contributed by atoms with Gasteiger partial charge in [-0.1, -0.05) is 23.7 Å². The first-order valence-corrected chi connectivity index (χ1v) is 15.2. The van der Waals surface area contributed by atoms with Gasteiger partial charge >= 0.3 is 0 Å². The molecule has 0 bridgehead atoms. The molecule has 6 heterocycles. The fourth-order valence-corrected chi connectivity index (χ4v) is 6.63. The molecule has 2 atom stereocenters. The van der Waals surface area contributed by atoms with Crippen LogP contribution in [-0.4, -0.2) is 65.9 Å². The van der Waals surface area contributed by atoms with E-state index >= 15 is 0 Å². The molecular weight excluding hydrogens is 587 g/mol. The lowest BCUT2D eigenvalue weighted by atomic mass is 9.88. The largest absolute Gasteiger partial charge is 0.444 e. The van der Waals surface area contributed by atoms with Crippen LogP contribution in [0.25, 0.3) is 22.6 Å². The second-order valence-electron chi connectivity index (χ2n) is 11.7. The van der Waals surface area contributed by atoms with Gasteiger partial charge in [0.15, 0.2) is 17.3 Å². The maximum absolute atomic E-state index is 14.8. The van der Waals surface area contributed by atoms with Crippen molar-refractivity contribution in [1.29, 1.82) is 0 Å². The second-order valence-corrected chi connectivity index (χ2v) is 12.2. The molecule has 226 valence electrons. The zero-order valence-electron chi connectivity index (χ0n) is 24.0. The number of likely N-dealkylation sites (tertiary alicyclic amines) is 1. The van der Waals surface area contributed by atoms with Gasteiger partial charge in [0.05, 0.1) is 42.0 Å². The molecule has 0 amide bonds. The molecule has 2 saturated heterocycles. The van der Waals surface area contributed by atoms with Crippen molar-refractivity contribution in [2.45, 2.75) is 57.1 Å². The summed E-state index contributed by atoms with van der Waals surface area (Å²) in [7, 11) is 0. The maximum atomic E-state index is 14.8. The summed E-state index contributed by atoms with van der Waals surface area (Å²) in [6, 6.07) is 12.4. The Bertz CT molecular complexity index is 1840. The predicted octanol–water partition coefficient (Wildman–Crippen LogP) is 5.22. The Hall–Kier alpha value is -4.13. The number of aromatic amines is 1. The highest BCUT2D eigenvalue weighted by Crippen LogP contribution is 2.50. The van der Waals surface area contributed by atoms with Crippen molar-refractivity contribution in [1.82, 2.24) is 40.1 Å². The van der Waals surface area contributed by atoms with Gasteiger partial charge in [-0.2, -0.15) is 0 Å². The molecular formula is C31H30ClFN8O3. The number of H-pyrrole nitrogens is 1. The molecule has 13 heteroatoms. The quantitative estimate of drug-likeness (QED) is 0.263. The Labute approximate surface area is 257 Å². The molecule has 11 nitrogen and oxygen atoms in total. The molecule has 0 spiro atoms. The molecule has 3 aromatic heterocycles. The molecule has 5 aromatic rings. The average Bonchev–Trinajstić information content (AvgIpc) is 3.72. The Kier molecular flexibility index (Phi) is 6.73. The van der Waals surface area contributed by atoms with Crippen LogP contribution in [0.1, 0.15) is 49.1 Å². The van der Waals surface area contributed by atoms with Gasteiger partial charge < -0.3 is 18.8 Å². The van der Waals surface area contributed by atoms with E-state index in [1.807, 2.05) is 24.4 Å². The Morgan fingerprint density at radius 3 is 2.73 bits per heavy atom. The SMILES string of the molecule is CC1(c2ccc(Cl)cc2F)Oc2cccc(C3CCN(Cc4nc5cc(-c6nnn[nH]6)ncc5n4CC4CCO4)CC3)c2O1. The summed E-state index contributed by atoms with van der Waals surface area (Å²) in [6.07, 6.45) is 4.96. The smallest absolute Gasteiger partial charge is 0.278 e. The molecule has 2 aromatic carbocycles. The molecule has 2 fully saturated rings. The third kappa shape index (κ3) is 4.86. The molecule has 3 aliphatic heterocycles. The first kappa shape index (κ1) is 27.4. The standard InChI is InChI=1S/C31H30ClFN8O3/c1-31(22-6-5-19(32)13-23(22)33)43-27-4-2-3-21(29(27)44-31)18-7-10-40(11-8-18)17-28-35-24-14-25(30-36-38-39-37-30)34-15-26(24)41(28)16-20-9-12-42-20/h2-6,13-15,18,20H,7-12,16-17H2,1H3,(H,36,37,38,39). The fraction of sp³-hybridized carbons (Fsp3) is 0.387. The summed E-state index contributed by atoms with van der Waals surface area (Å²) < 4.78 is 35.4. The zero-order chi connectivity index (χ0) is 29.8. The molecule has 0 aliphatic carbocycles. The number of nitrogens with zero attached hydrogens (tertiary/aromatic N) is 7. The van der Waals surface area contributed by atoms with Gasteiger partial charge in [0.2, 0.25) is 0 Å². The van der Waals surface area contributed by atoms with Gasteiger partial charge in [-0.15, -0.1) is 5.10 Å². The lowest BCUT2D eigenvalue weighted by molar-refractivity contribution is -0.0712. The first-order valence-electron chi connectivity index (χ1n) is 14.8. The highest BCUT2D eigenvalue weighted by atomic mass is 35.5. The third-order valence-corrected chi connectivity index (χ3v) is 9.14. The summed E-state index contributed by atoms with van der Waals surface area (Å²) >= 11 is 5.99. The van der Waals surface area contributed by atoms with Gasteiger partial charge in [0.25, 0.3) is 5.79 Å². The number of halogens is 2. The number of aromatic nitrogens is 7. The highest BCUT2D eigenvalue weighted by molar-refractivity contribution is 6.30. The van der Waals surface area contributed by atoms with Crippen LogP contribution in [0.2, 0.25) is 5.02 Å². The predicted molar refractivity (Wildman–Crippen MR) is 159 cm³/mol. The van der Waals surface area contributed by atoms with Crippen LogP contribution in [0, 0.1) is 5.82 Å². The molecule has 3 aliphatic rings. The maximum Gasteiger partial charge on any atom is 0.278 e. The molecule has 0 radical (unpaired) electrons. The summed E-state index contributed by atoms with van der Waals surface area (Å²) in [5.41, 5.74) is 3.88. The van der Waals surface area contributed by atoms with Crippen molar-refractivity contribution in [3.63, 3.8) is 0 Å². The van der Waals surface area contributed by atoms with E-state index in [9.17, 15) is 4.39 Å². The average molecular weight is 617 g/mol. The third-order valence-electron chi connectivity index (χ3n) is 8.90. The van der Waals surface area contributed by atoms with E-state index in [-0.39, 0.29) is 12.0 Å². The first-order chi connectivity index (χ1) is 21.4. The Balaban J connectivity index is 0.999. The number of pyridine rings is 1. The number of fused-ring (bicyclic) bond motifs is 2. The van der Waals surface area contributed by atoms with E-state index in [1.165, 1.54) is 6.07 Å². The van der Waals surface area contributed by atoms with Crippen LogP contribution in [-0.2, 0) is 23.6 Å². The van der Waals surface area contributed by atoms with Crippen molar-refractivity contribution < 1.29 is 18.6 Å². The Morgan fingerprint density at radius 1 is 1.11 bits per heavy atom. The number of para-hydroxylation sites is 1. The molecule has 8 rings (SSSR count). The van der Waals surface area contributed by atoms with E-state index in [2.05, 4.69) is 41.1 Å². The van der Waals surface area contributed by atoms with Gasteiger partial charge in [-0.05, 0) is 79.0 Å². The van der Waals surface area contributed by atoms with Gasteiger partial charge in [0.1, 0.15) is 17.3 Å². The number of imidazole rings is 1. The second kappa shape index (κ2) is 10.8. The van der Waals surface area contributed by atoms with E-state index < -0.39 is 11.6 Å². The van der Waals surface area contributed by atoms with Crippen LogP contribution in [0.5, 0.6) is 11.5 Å². The number of ether oxygens (including phenoxy) is 3. The summed E-state index contributed by atoms with van der Waals surface area (Å²) in [4.78, 5) is 12.1. The number of hydrogen-bond acceptors (Lipinski definition) is 9. The van der Waals surface area contributed by atoms with Crippen molar-refractivity contribution in [2.24, 2.45) is 0 Å². The number of hydrogen-bond donors (Lipinski definition) is 1. The number of benzene rings is 2. The molecule has 1 N–H and O–H groups in total. The molecule has 2 unspecified atom stereocenters. The van der Waals surface area contributed by atoms with Crippen LogP contribution in [0.3, 0.4) is 0 Å². The van der Waals surface area contributed by atoms with Crippen LogP contribution in [0.15, 0.2) is 48.7 Å². The van der Waals surface area contributed by atoms with Gasteiger partial charge in [-0.3, -0.25) is 9.88 Å². The summed E-state index contributed by atoms with van der Waals surface area (Å²) in [5, 5.41) is 14.4. The fourth-order valence-electron chi connectivity index (χ4n) is 6.47. The van der Waals surface area contributed by atoms with Crippen LogP contribution in [0.4, 0.5) is 4.39 Å². The van der Waals surface area contributed by atoms with Crippen LogP contribution >= 0.6 is 11.6 Å². The highest BCUT2D eigenvalue weighted by Gasteiger charge is 2.43. The molecule has 44 heavy (non-hydrogen) atoms. The normalized spacial score (nSPS) is 22.0. The van der Waals surface area contributed by atoms with Crippen molar-refractivity contribution in [3.05, 3.63) is 76.5 Å². The van der Waals surface area contributed by atoms with E-state index in [0.29, 0.717) is 40.1 Å². The number of tetrazole rings is 1. The van der Waals surface area contributed by atoms with Crippen molar-refractivity contribution in [2.75, 3.05) is 19.7 Å². The number of nitrogens with one attached hydrogen (secondary N) is 1. The van der Waals surface area contributed by atoms with Gasteiger partial charge in [0, 0.05) is 24.1 Å². The monoisotopic (exact) mass is 616 g/mol. The minimum Gasteiger partial charge on any atom is -0.444 e. The Morgan fingerprint density at radius 2 is 1.98 bits per heavy atom.